The van der Waals surface area contributed by atoms with Crippen molar-refractivity contribution in [3.05, 3.63) is 38.0 Å². The van der Waals surface area contributed by atoms with Crippen LogP contribution in [0.5, 0.6) is 0 Å². The minimum absolute atomic E-state index is 1.27. The summed E-state index contributed by atoms with van der Waals surface area (Å²) in [6.07, 6.45) is 3.80. The zero-order valence-electron chi connectivity index (χ0n) is 13.8. The molecule has 0 rings (SSSR count). The molecule has 0 aliphatic rings. The molecular formula is C15H27F2O3P. The van der Waals surface area contributed by atoms with E-state index in [1.165, 1.54) is 59.8 Å². The molecule has 0 bridgehead atoms. The van der Waals surface area contributed by atoms with E-state index in [1.54, 1.807) is 0 Å². The molecule has 0 aromatic heterocycles. The number of halogens is 2. The summed E-state index contributed by atoms with van der Waals surface area (Å²) in [5.41, 5.74) is -3.97. The molecule has 0 saturated carbocycles. The molecule has 0 saturated heterocycles. The fraction of sp³-hybridized carbons (Fsp3) is 0.600. The van der Waals surface area contributed by atoms with Crippen molar-refractivity contribution in [1.29, 1.82) is 0 Å². The van der Waals surface area contributed by atoms with E-state index in [4.69, 9.17) is 13.6 Å². The summed E-state index contributed by atoms with van der Waals surface area (Å²) in [4.78, 5) is 0. The first-order valence-corrected chi connectivity index (χ1v) is 8.36. The molecule has 0 aliphatic carbocycles. The summed E-state index contributed by atoms with van der Waals surface area (Å²) in [5, 5.41) is 0. The standard InChI is InChI=1S/C15H27F2O3P/c1-10-13(4,5)18-21(16,17,19-14(6,7)11-2)20-15(8,9)12-3/h10-12H,1-3H2,4-9H3. The van der Waals surface area contributed by atoms with Gasteiger partial charge in [0, 0.05) is 0 Å². The Morgan fingerprint density at radius 1 is 0.667 bits per heavy atom. The van der Waals surface area contributed by atoms with Gasteiger partial charge in [-0.05, 0) is 0 Å². The third kappa shape index (κ3) is 6.79. The van der Waals surface area contributed by atoms with E-state index in [9.17, 15) is 0 Å². The van der Waals surface area contributed by atoms with Crippen LogP contribution < -0.4 is 0 Å². The van der Waals surface area contributed by atoms with Crippen molar-refractivity contribution in [1.82, 2.24) is 0 Å². The van der Waals surface area contributed by atoms with Crippen molar-refractivity contribution < 1.29 is 22.0 Å². The normalized spacial score (nSPS) is 15.9. The summed E-state index contributed by atoms with van der Waals surface area (Å²) in [6, 6.07) is 0. The van der Waals surface area contributed by atoms with Gasteiger partial charge in [0.05, 0.1) is 0 Å². The summed E-state index contributed by atoms with van der Waals surface area (Å²) in [6.45, 7) is 19.2. The first-order chi connectivity index (χ1) is 9.09. The zero-order chi connectivity index (χ0) is 17.2. The Morgan fingerprint density at radius 2 is 0.857 bits per heavy atom. The third-order valence-electron chi connectivity index (χ3n) is 2.61. The second-order valence-electron chi connectivity index (χ2n) is 6.40. The SMILES string of the molecule is C=CC(C)(C)OP(F)(F)(OC(C)(C)C=C)OC(C)(C)C=C. The van der Waals surface area contributed by atoms with Crippen LogP contribution in [0.15, 0.2) is 38.0 Å². The predicted octanol–water partition coefficient (Wildman–Crippen LogP) is 6.00. The maximum atomic E-state index is 15.2. The van der Waals surface area contributed by atoms with Gasteiger partial charge in [-0.1, -0.05) is 0 Å². The molecule has 0 unspecified atom stereocenters. The van der Waals surface area contributed by atoms with Crippen molar-refractivity contribution in [2.45, 2.75) is 58.3 Å². The average Bonchev–Trinajstić information content (AvgIpc) is 2.25. The van der Waals surface area contributed by atoms with Crippen LogP contribution in [0.25, 0.3) is 0 Å². The van der Waals surface area contributed by atoms with Gasteiger partial charge in [-0.25, -0.2) is 0 Å². The molecule has 0 radical (unpaired) electrons. The molecule has 0 fully saturated rings. The first kappa shape index (κ1) is 20.4. The summed E-state index contributed by atoms with van der Waals surface area (Å²) >= 11 is 0. The average molecular weight is 324 g/mol. The van der Waals surface area contributed by atoms with E-state index in [-0.39, 0.29) is 0 Å². The van der Waals surface area contributed by atoms with Crippen molar-refractivity contribution in [2.75, 3.05) is 0 Å². The second kappa shape index (κ2) is 5.88. The van der Waals surface area contributed by atoms with E-state index < -0.39 is 24.7 Å². The number of rotatable bonds is 9. The zero-order valence-corrected chi connectivity index (χ0v) is 14.7. The predicted molar refractivity (Wildman–Crippen MR) is 85.2 cm³/mol. The molecular weight excluding hydrogens is 297 g/mol. The van der Waals surface area contributed by atoms with Crippen molar-refractivity contribution in [3.63, 3.8) is 0 Å². The molecule has 0 heterocycles. The molecule has 0 aromatic rings. The van der Waals surface area contributed by atoms with E-state index in [0.717, 1.165) is 0 Å². The molecule has 0 atom stereocenters. The number of hydrogen-bond acceptors (Lipinski definition) is 3. The van der Waals surface area contributed by atoms with Crippen LogP contribution in [0.2, 0.25) is 0 Å². The van der Waals surface area contributed by atoms with Crippen molar-refractivity contribution >= 4 is 7.91 Å². The van der Waals surface area contributed by atoms with E-state index in [1.807, 2.05) is 0 Å². The van der Waals surface area contributed by atoms with Gasteiger partial charge in [-0.3, -0.25) is 0 Å². The van der Waals surface area contributed by atoms with Crippen LogP contribution in [0.4, 0.5) is 8.39 Å². The van der Waals surface area contributed by atoms with E-state index in [2.05, 4.69) is 19.7 Å². The fourth-order valence-corrected chi connectivity index (χ4v) is 3.83. The Balaban J connectivity index is 5.79. The van der Waals surface area contributed by atoms with Gasteiger partial charge in [-0.15, -0.1) is 0 Å². The van der Waals surface area contributed by atoms with Crippen LogP contribution in [0.1, 0.15) is 41.5 Å². The monoisotopic (exact) mass is 324 g/mol. The molecule has 0 N–H and O–H groups in total. The van der Waals surface area contributed by atoms with E-state index >= 15 is 8.39 Å². The van der Waals surface area contributed by atoms with Gasteiger partial charge in [-0.2, -0.15) is 0 Å². The molecule has 0 aromatic carbocycles. The van der Waals surface area contributed by atoms with Gasteiger partial charge in [0.2, 0.25) is 0 Å². The Kier molecular flexibility index (Phi) is 5.71. The Bertz CT molecular complexity index is 367. The minimum atomic E-state index is -6.42. The molecule has 0 amide bonds. The first-order valence-electron chi connectivity index (χ1n) is 6.59. The molecule has 21 heavy (non-hydrogen) atoms. The maximum absolute atomic E-state index is 15.2. The van der Waals surface area contributed by atoms with Crippen LogP contribution in [0.3, 0.4) is 0 Å². The Hall–Kier alpha value is -0.610. The van der Waals surface area contributed by atoms with Crippen LogP contribution in [-0.4, -0.2) is 16.8 Å². The van der Waals surface area contributed by atoms with Gasteiger partial charge in [0.25, 0.3) is 0 Å². The molecule has 0 aliphatic heterocycles. The van der Waals surface area contributed by atoms with Gasteiger partial charge in [0.1, 0.15) is 0 Å². The van der Waals surface area contributed by atoms with Gasteiger partial charge < -0.3 is 0 Å². The fourth-order valence-electron chi connectivity index (χ4n) is 1.28. The summed E-state index contributed by atoms with van der Waals surface area (Å²) < 4.78 is 45.3. The van der Waals surface area contributed by atoms with Crippen LogP contribution in [0, 0.1) is 0 Å². The molecule has 3 nitrogen and oxygen atoms in total. The molecule has 124 valence electrons. The van der Waals surface area contributed by atoms with E-state index in [0.29, 0.717) is 0 Å². The van der Waals surface area contributed by atoms with Gasteiger partial charge in [0.15, 0.2) is 0 Å². The Labute approximate surface area is 127 Å². The third-order valence-corrected chi connectivity index (χ3v) is 4.88. The van der Waals surface area contributed by atoms with Crippen LogP contribution >= 0.6 is 7.91 Å². The molecule has 0 spiro atoms. The van der Waals surface area contributed by atoms with Crippen LogP contribution in [-0.2, 0) is 13.6 Å². The molecule has 6 heteroatoms. The van der Waals surface area contributed by atoms with Crippen molar-refractivity contribution in [3.8, 4) is 0 Å². The quantitative estimate of drug-likeness (QED) is 0.385. The summed E-state index contributed by atoms with van der Waals surface area (Å²) in [5.74, 6) is 0. The Morgan fingerprint density at radius 3 is 1.00 bits per heavy atom. The van der Waals surface area contributed by atoms with Crippen molar-refractivity contribution in [2.24, 2.45) is 0 Å². The summed E-state index contributed by atoms with van der Waals surface area (Å²) in [7, 11) is -6.42. The number of hydrogen-bond donors (Lipinski definition) is 0. The topological polar surface area (TPSA) is 27.7 Å². The van der Waals surface area contributed by atoms with Gasteiger partial charge >= 0.3 is 126 Å². The second-order valence-corrected chi connectivity index (χ2v) is 8.35.